The van der Waals surface area contributed by atoms with E-state index < -0.39 is 17.5 Å². The zero-order valence-corrected chi connectivity index (χ0v) is 22.8. The second-order valence-corrected chi connectivity index (χ2v) is 10.5. The average Bonchev–Trinajstić information content (AvgIpc) is 2.92. The second-order valence-electron chi connectivity index (χ2n) is 10.1. The summed E-state index contributed by atoms with van der Waals surface area (Å²) in [5, 5.41) is 0.570. The summed E-state index contributed by atoms with van der Waals surface area (Å²) >= 11 is 6.00. The first-order valence-corrected chi connectivity index (χ1v) is 13.2. The van der Waals surface area contributed by atoms with E-state index in [2.05, 4.69) is 4.74 Å². The summed E-state index contributed by atoms with van der Waals surface area (Å²) in [4.78, 5) is 30.1. The highest BCUT2D eigenvalue weighted by Gasteiger charge is 2.41. The highest BCUT2D eigenvalue weighted by atomic mass is 35.5. The predicted octanol–water partition coefficient (Wildman–Crippen LogP) is 6.59. The minimum Gasteiger partial charge on any atom is -0.493 e. The maximum absolute atomic E-state index is 13.4. The number of likely N-dealkylation sites (tertiary alicyclic amines) is 1. The van der Waals surface area contributed by atoms with Gasteiger partial charge in [0, 0.05) is 49.1 Å². The third-order valence-electron chi connectivity index (χ3n) is 6.86. The SMILES string of the molecule is CN(Cc1ccccc1)C(=O)CC1(COc2ccc(Cl)cc2)CCCN(C(=O)c2ccc(OC(F)(F)F)cc2)C1. The van der Waals surface area contributed by atoms with E-state index in [0.717, 1.165) is 17.7 Å². The molecule has 0 spiro atoms. The summed E-state index contributed by atoms with van der Waals surface area (Å²) < 4.78 is 47.6. The van der Waals surface area contributed by atoms with E-state index in [-0.39, 0.29) is 37.0 Å². The number of hydrogen-bond acceptors (Lipinski definition) is 4. The number of benzene rings is 3. The normalized spacial score (nSPS) is 17.3. The highest BCUT2D eigenvalue weighted by molar-refractivity contribution is 6.30. The minimum absolute atomic E-state index is 0.0773. The van der Waals surface area contributed by atoms with Crippen LogP contribution >= 0.6 is 11.6 Å². The zero-order chi connectivity index (χ0) is 28.8. The van der Waals surface area contributed by atoms with Gasteiger partial charge in [-0.2, -0.15) is 0 Å². The fraction of sp³-hybridized carbons (Fsp3) is 0.333. The molecule has 1 saturated heterocycles. The number of alkyl halides is 3. The number of rotatable bonds is 9. The molecule has 3 aromatic carbocycles. The monoisotopic (exact) mass is 574 g/mol. The van der Waals surface area contributed by atoms with Gasteiger partial charge < -0.3 is 19.3 Å². The number of halogens is 4. The first-order valence-electron chi connectivity index (χ1n) is 12.8. The minimum atomic E-state index is -4.82. The molecule has 1 atom stereocenters. The molecule has 0 saturated carbocycles. The van der Waals surface area contributed by atoms with Gasteiger partial charge in [-0.15, -0.1) is 13.2 Å². The summed E-state index contributed by atoms with van der Waals surface area (Å²) in [6.45, 7) is 1.35. The van der Waals surface area contributed by atoms with Crippen molar-refractivity contribution in [1.29, 1.82) is 0 Å². The number of hydrogen-bond donors (Lipinski definition) is 0. The Morgan fingerprint density at radius 1 is 0.975 bits per heavy atom. The molecule has 1 fully saturated rings. The van der Waals surface area contributed by atoms with E-state index >= 15 is 0 Å². The second kappa shape index (κ2) is 12.6. The van der Waals surface area contributed by atoms with Crippen LogP contribution in [0.1, 0.15) is 35.2 Å². The molecule has 1 aliphatic rings. The van der Waals surface area contributed by atoms with Gasteiger partial charge in [0.25, 0.3) is 5.91 Å². The molecule has 0 radical (unpaired) electrons. The molecule has 10 heteroatoms. The topological polar surface area (TPSA) is 59.1 Å². The van der Waals surface area contributed by atoms with E-state index in [4.69, 9.17) is 16.3 Å². The molecule has 1 aliphatic heterocycles. The Morgan fingerprint density at radius 2 is 1.62 bits per heavy atom. The molecule has 1 heterocycles. The van der Waals surface area contributed by atoms with Gasteiger partial charge in [0.15, 0.2) is 0 Å². The Bertz CT molecular complexity index is 1290. The molecule has 0 aromatic heterocycles. The summed E-state index contributed by atoms with van der Waals surface area (Å²) in [6.07, 6.45) is -3.36. The number of nitrogens with zero attached hydrogens (tertiary/aromatic N) is 2. The van der Waals surface area contributed by atoms with Crippen LogP contribution in [0.5, 0.6) is 11.5 Å². The molecule has 4 rings (SSSR count). The fourth-order valence-corrected chi connectivity index (χ4v) is 4.97. The van der Waals surface area contributed by atoms with Crippen LogP contribution in [0.15, 0.2) is 78.9 Å². The Balaban J connectivity index is 1.51. The van der Waals surface area contributed by atoms with Crippen LogP contribution in [0, 0.1) is 5.41 Å². The lowest BCUT2D eigenvalue weighted by molar-refractivity contribution is -0.274. The van der Waals surface area contributed by atoms with Crippen molar-refractivity contribution in [2.24, 2.45) is 5.41 Å². The quantitative estimate of drug-likeness (QED) is 0.289. The molecule has 212 valence electrons. The molecule has 40 heavy (non-hydrogen) atoms. The van der Waals surface area contributed by atoms with Crippen molar-refractivity contribution in [2.45, 2.75) is 32.2 Å². The van der Waals surface area contributed by atoms with Crippen molar-refractivity contribution < 1.29 is 32.2 Å². The molecule has 1 unspecified atom stereocenters. The third kappa shape index (κ3) is 8.14. The van der Waals surface area contributed by atoms with E-state index in [0.29, 0.717) is 36.7 Å². The first kappa shape index (κ1) is 29.3. The fourth-order valence-electron chi connectivity index (χ4n) is 4.84. The molecule has 0 aliphatic carbocycles. The van der Waals surface area contributed by atoms with Crippen LogP contribution in [-0.2, 0) is 11.3 Å². The first-order chi connectivity index (χ1) is 19.0. The van der Waals surface area contributed by atoms with Crippen molar-refractivity contribution in [2.75, 3.05) is 26.7 Å². The average molecular weight is 575 g/mol. The van der Waals surface area contributed by atoms with Gasteiger partial charge in [-0.05, 0) is 66.9 Å². The highest BCUT2D eigenvalue weighted by Crippen LogP contribution is 2.36. The number of carbonyl (C=O) groups is 2. The molecule has 6 nitrogen and oxygen atoms in total. The standard InChI is InChI=1S/C30H30ClF3N2O4/c1-35(19-22-6-3-2-4-7-22)27(37)18-29(21-39-25-14-10-24(31)11-15-25)16-5-17-36(20-29)28(38)23-8-12-26(13-9-23)40-30(32,33)34/h2-4,6-15H,5,16-21H2,1H3. The van der Waals surface area contributed by atoms with Gasteiger partial charge in [-0.1, -0.05) is 41.9 Å². The van der Waals surface area contributed by atoms with Crippen molar-refractivity contribution in [1.82, 2.24) is 9.80 Å². The number of amides is 2. The summed E-state index contributed by atoms with van der Waals surface area (Å²) in [7, 11) is 1.75. The van der Waals surface area contributed by atoms with Gasteiger partial charge in [-0.3, -0.25) is 9.59 Å². The van der Waals surface area contributed by atoms with Crippen molar-refractivity contribution in [3.63, 3.8) is 0 Å². The Labute approximate surface area is 236 Å². The molecular formula is C30H30ClF3N2O4. The van der Waals surface area contributed by atoms with Gasteiger partial charge in [0.05, 0.1) is 6.61 Å². The molecule has 2 amide bonds. The lowest BCUT2D eigenvalue weighted by atomic mass is 9.77. The van der Waals surface area contributed by atoms with E-state index in [1.807, 2.05) is 30.3 Å². The van der Waals surface area contributed by atoms with Crippen LogP contribution in [0.3, 0.4) is 0 Å². The van der Waals surface area contributed by atoms with Crippen LogP contribution < -0.4 is 9.47 Å². The van der Waals surface area contributed by atoms with Crippen LogP contribution in [0.25, 0.3) is 0 Å². The van der Waals surface area contributed by atoms with Crippen molar-refractivity contribution >= 4 is 23.4 Å². The predicted molar refractivity (Wildman–Crippen MR) is 145 cm³/mol. The lowest BCUT2D eigenvalue weighted by Gasteiger charge is -2.43. The third-order valence-corrected chi connectivity index (χ3v) is 7.11. The number of ether oxygens (including phenoxy) is 2. The summed E-state index contributed by atoms with van der Waals surface area (Å²) in [6, 6.07) is 21.4. The molecule has 0 bridgehead atoms. The molecular weight excluding hydrogens is 545 g/mol. The van der Waals surface area contributed by atoms with E-state index in [1.54, 1.807) is 41.1 Å². The van der Waals surface area contributed by atoms with Gasteiger partial charge in [0.1, 0.15) is 11.5 Å². The molecule has 3 aromatic rings. The van der Waals surface area contributed by atoms with E-state index in [1.165, 1.54) is 12.1 Å². The van der Waals surface area contributed by atoms with Crippen LogP contribution in [0.4, 0.5) is 13.2 Å². The Kier molecular flexibility index (Phi) is 9.25. The van der Waals surface area contributed by atoms with Gasteiger partial charge in [0.2, 0.25) is 5.91 Å². The largest absolute Gasteiger partial charge is 0.573 e. The maximum atomic E-state index is 13.4. The Hall–Kier alpha value is -3.72. The number of piperidine rings is 1. The summed E-state index contributed by atoms with van der Waals surface area (Å²) in [5.41, 5.74) is 0.564. The maximum Gasteiger partial charge on any atom is 0.573 e. The van der Waals surface area contributed by atoms with Gasteiger partial charge in [-0.25, -0.2) is 0 Å². The van der Waals surface area contributed by atoms with Crippen LogP contribution in [0.2, 0.25) is 5.02 Å². The van der Waals surface area contributed by atoms with Crippen molar-refractivity contribution in [3.05, 3.63) is 95.0 Å². The summed E-state index contributed by atoms with van der Waals surface area (Å²) in [5.74, 6) is -0.219. The molecule has 0 N–H and O–H groups in total. The van der Waals surface area contributed by atoms with Gasteiger partial charge >= 0.3 is 6.36 Å². The van der Waals surface area contributed by atoms with E-state index in [9.17, 15) is 22.8 Å². The lowest BCUT2D eigenvalue weighted by Crippen LogP contribution is -2.50. The number of carbonyl (C=O) groups excluding carboxylic acids is 2. The zero-order valence-electron chi connectivity index (χ0n) is 22.0. The smallest absolute Gasteiger partial charge is 0.493 e. The van der Waals surface area contributed by atoms with Crippen molar-refractivity contribution in [3.8, 4) is 11.5 Å². The van der Waals surface area contributed by atoms with Crippen LogP contribution in [-0.4, -0.2) is 54.7 Å². The Morgan fingerprint density at radius 3 is 2.27 bits per heavy atom.